The van der Waals surface area contributed by atoms with Gasteiger partial charge in [-0.2, -0.15) is 0 Å². The van der Waals surface area contributed by atoms with E-state index in [1.807, 2.05) is 0 Å². The third-order valence-corrected chi connectivity index (χ3v) is 1.69. The third-order valence-electron chi connectivity index (χ3n) is 1.36. The third kappa shape index (κ3) is 2.83. The number of anilines is 1. The minimum atomic E-state index is -0.570. The van der Waals surface area contributed by atoms with Crippen molar-refractivity contribution < 1.29 is 9.53 Å². The molecule has 0 radical (unpaired) electrons. The summed E-state index contributed by atoms with van der Waals surface area (Å²) >= 11 is 5.80. The van der Waals surface area contributed by atoms with Crippen molar-refractivity contribution in [1.29, 1.82) is 0 Å². The van der Waals surface area contributed by atoms with E-state index in [1.165, 1.54) is 7.11 Å². The van der Waals surface area contributed by atoms with Gasteiger partial charge >= 0.3 is 6.09 Å². The Hall–Kier alpha value is -1.42. The van der Waals surface area contributed by atoms with Crippen molar-refractivity contribution in [3.05, 3.63) is 29.3 Å². The van der Waals surface area contributed by atoms with Crippen molar-refractivity contribution in [1.82, 2.24) is 5.43 Å². The number of halogens is 1. The highest BCUT2D eigenvalue weighted by Gasteiger charge is 1.99. The number of hydrogen-bond donors (Lipinski definition) is 2. The van der Waals surface area contributed by atoms with Gasteiger partial charge in [0.15, 0.2) is 0 Å². The number of hydrogen-bond acceptors (Lipinski definition) is 3. The van der Waals surface area contributed by atoms with Gasteiger partial charge in [0, 0.05) is 0 Å². The molecular weight excluding hydrogens is 192 g/mol. The summed E-state index contributed by atoms with van der Waals surface area (Å²) in [4.78, 5) is 10.7. The lowest BCUT2D eigenvalue weighted by Gasteiger charge is -2.07. The van der Waals surface area contributed by atoms with Gasteiger partial charge < -0.3 is 4.74 Å². The Bertz CT molecular complexity index is 304. The van der Waals surface area contributed by atoms with E-state index in [2.05, 4.69) is 15.6 Å². The molecule has 0 saturated heterocycles. The summed E-state index contributed by atoms with van der Waals surface area (Å²) in [5.74, 6) is 0. The maximum absolute atomic E-state index is 10.7. The first-order valence-electron chi connectivity index (χ1n) is 3.58. The first-order valence-corrected chi connectivity index (χ1v) is 3.96. The lowest BCUT2D eigenvalue weighted by molar-refractivity contribution is 0.173. The number of hydrazine groups is 1. The SMILES string of the molecule is COC(=O)NNc1ccccc1Cl. The molecule has 1 rings (SSSR count). The van der Waals surface area contributed by atoms with Gasteiger partial charge in [-0.3, -0.25) is 5.43 Å². The number of methoxy groups -OCH3 is 1. The minimum absolute atomic E-state index is 0.527. The van der Waals surface area contributed by atoms with Gasteiger partial charge in [-0.1, -0.05) is 23.7 Å². The van der Waals surface area contributed by atoms with Crippen LogP contribution in [0.25, 0.3) is 0 Å². The molecule has 1 aromatic rings. The first kappa shape index (κ1) is 9.67. The normalized spacial score (nSPS) is 9.08. The molecule has 13 heavy (non-hydrogen) atoms. The lowest BCUT2D eigenvalue weighted by Crippen LogP contribution is -2.29. The van der Waals surface area contributed by atoms with Gasteiger partial charge in [0.1, 0.15) is 0 Å². The Morgan fingerprint density at radius 2 is 2.15 bits per heavy atom. The Balaban J connectivity index is 2.54. The van der Waals surface area contributed by atoms with Crippen LogP contribution in [-0.4, -0.2) is 13.2 Å². The van der Waals surface area contributed by atoms with E-state index in [-0.39, 0.29) is 0 Å². The molecule has 0 aliphatic rings. The lowest BCUT2D eigenvalue weighted by atomic mass is 10.3. The van der Waals surface area contributed by atoms with Crippen molar-refractivity contribution >= 4 is 23.4 Å². The average molecular weight is 201 g/mol. The predicted molar refractivity (Wildman–Crippen MR) is 50.6 cm³/mol. The number of benzene rings is 1. The smallest absolute Gasteiger partial charge is 0.425 e. The van der Waals surface area contributed by atoms with Crippen LogP contribution in [0, 0.1) is 0 Å². The van der Waals surface area contributed by atoms with Gasteiger partial charge in [-0.25, -0.2) is 10.2 Å². The van der Waals surface area contributed by atoms with Gasteiger partial charge in [0.2, 0.25) is 0 Å². The van der Waals surface area contributed by atoms with E-state index < -0.39 is 6.09 Å². The zero-order valence-electron chi connectivity index (χ0n) is 7.00. The summed E-state index contributed by atoms with van der Waals surface area (Å²) in [6.07, 6.45) is -0.570. The number of ether oxygens (including phenoxy) is 1. The van der Waals surface area contributed by atoms with Crippen molar-refractivity contribution in [2.24, 2.45) is 0 Å². The van der Waals surface area contributed by atoms with Crippen LogP contribution >= 0.6 is 11.6 Å². The van der Waals surface area contributed by atoms with Crippen LogP contribution in [0.15, 0.2) is 24.3 Å². The molecule has 1 amide bonds. The number of nitrogens with one attached hydrogen (secondary N) is 2. The molecule has 0 aliphatic carbocycles. The molecule has 1 aromatic carbocycles. The first-order chi connectivity index (χ1) is 6.24. The highest BCUT2D eigenvalue weighted by atomic mass is 35.5. The molecule has 70 valence electrons. The van der Waals surface area contributed by atoms with E-state index in [0.717, 1.165) is 0 Å². The number of carbonyl (C=O) groups excluding carboxylic acids is 1. The molecule has 0 heterocycles. The van der Waals surface area contributed by atoms with E-state index >= 15 is 0 Å². The summed E-state index contributed by atoms with van der Waals surface area (Å²) in [7, 11) is 1.28. The predicted octanol–water partition coefficient (Wildman–Crippen LogP) is 2.02. The molecule has 4 nitrogen and oxygen atoms in total. The average Bonchev–Trinajstić information content (AvgIpc) is 2.16. The van der Waals surface area contributed by atoms with Gasteiger partial charge in [0.25, 0.3) is 0 Å². The maximum atomic E-state index is 10.7. The van der Waals surface area contributed by atoms with Gasteiger partial charge in [-0.15, -0.1) is 0 Å². The van der Waals surface area contributed by atoms with E-state index in [1.54, 1.807) is 24.3 Å². The molecule has 0 aromatic heterocycles. The Morgan fingerprint density at radius 3 is 2.77 bits per heavy atom. The second kappa shape index (κ2) is 4.57. The Morgan fingerprint density at radius 1 is 1.46 bits per heavy atom. The molecular formula is C8H9ClN2O2. The Labute approximate surface area is 80.8 Å². The molecule has 2 N–H and O–H groups in total. The van der Waals surface area contributed by atoms with Crippen LogP contribution in [0.1, 0.15) is 0 Å². The van der Waals surface area contributed by atoms with Crippen molar-refractivity contribution in [3.8, 4) is 0 Å². The molecule has 0 saturated carbocycles. The van der Waals surface area contributed by atoms with Gasteiger partial charge in [0.05, 0.1) is 17.8 Å². The molecule has 0 bridgehead atoms. The second-order valence-corrected chi connectivity index (χ2v) is 2.63. The molecule has 0 atom stereocenters. The molecule has 0 fully saturated rings. The standard InChI is InChI=1S/C8H9ClN2O2/c1-13-8(12)11-10-7-5-3-2-4-6(7)9/h2-5,10H,1H3,(H,11,12). The topological polar surface area (TPSA) is 50.4 Å². The molecule has 0 spiro atoms. The summed E-state index contributed by atoms with van der Waals surface area (Å²) in [6.45, 7) is 0. The highest BCUT2D eigenvalue weighted by molar-refractivity contribution is 6.33. The van der Waals surface area contributed by atoms with Crippen molar-refractivity contribution in [2.45, 2.75) is 0 Å². The summed E-state index contributed by atoms with van der Waals surface area (Å²) in [5.41, 5.74) is 5.52. The number of amides is 1. The van der Waals surface area contributed by atoms with Crippen molar-refractivity contribution in [3.63, 3.8) is 0 Å². The van der Waals surface area contributed by atoms with Crippen LogP contribution < -0.4 is 10.9 Å². The summed E-state index contributed by atoms with van der Waals surface area (Å²) < 4.78 is 4.36. The zero-order valence-corrected chi connectivity index (χ0v) is 7.76. The fraction of sp³-hybridized carbons (Fsp3) is 0.125. The van der Waals surface area contributed by atoms with Crippen LogP contribution in [0.5, 0.6) is 0 Å². The molecule has 0 aliphatic heterocycles. The van der Waals surface area contributed by atoms with Crippen LogP contribution in [0.3, 0.4) is 0 Å². The maximum Gasteiger partial charge on any atom is 0.425 e. The van der Waals surface area contributed by atoms with E-state index in [4.69, 9.17) is 11.6 Å². The fourth-order valence-electron chi connectivity index (χ4n) is 0.732. The minimum Gasteiger partial charge on any atom is -0.452 e. The monoisotopic (exact) mass is 200 g/mol. The zero-order chi connectivity index (χ0) is 9.68. The van der Waals surface area contributed by atoms with Crippen LogP contribution in [-0.2, 0) is 4.74 Å². The Kier molecular flexibility index (Phi) is 3.40. The molecule has 0 unspecified atom stereocenters. The molecule has 5 heteroatoms. The van der Waals surface area contributed by atoms with Crippen LogP contribution in [0.2, 0.25) is 5.02 Å². The number of rotatable bonds is 2. The fourth-order valence-corrected chi connectivity index (χ4v) is 0.915. The van der Waals surface area contributed by atoms with E-state index in [0.29, 0.717) is 10.7 Å². The highest BCUT2D eigenvalue weighted by Crippen LogP contribution is 2.19. The van der Waals surface area contributed by atoms with Gasteiger partial charge in [-0.05, 0) is 12.1 Å². The second-order valence-electron chi connectivity index (χ2n) is 2.22. The number of para-hydroxylation sites is 1. The van der Waals surface area contributed by atoms with Crippen molar-refractivity contribution in [2.75, 3.05) is 12.5 Å². The quantitative estimate of drug-likeness (QED) is 0.719. The van der Waals surface area contributed by atoms with E-state index in [9.17, 15) is 4.79 Å². The van der Waals surface area contributed by atoms with Crippen LogP contribution in [0.4, 0.5) is 10.5 Å². The number of carbonyl (C=O) groups is 1. The summed E-state index contributed by atoms with van der Waals surface area (Å²) in [6, 6.07) is 7.04. The largest absolute Gasteiger partial charge is 0.452 e. The summed E-state index contributed by atoms with van der Waals surface area (Å²) in [5, 5.41) is 0.527.